The summed E-state index contributed by atoms with van der Waals surface area (Å²) in [5.41, 5.74) is 2.70. The van der Waals surface area contributed by atoms with Gasteiger partial charge in [-0.15, -0.1) is 10.2 Å². The zero-order chi connectivity index (χ0) is 20.4. The predicted octanol–water partition coefficient (Wildman–Crippen LogP) is 4.48. The highest BCUT2D eigenvalue weighted by Crippen LogP contribution is 2.35. The molecule has 29 heavy (non-hydrogen) atoms. The number of hydrogen-bond donors (Lipinski definition) is 1. The van der Waals surface area contributed by atoms with Crippen LogP contribution in [-0.2, 0) is 11.2 Å². The van der Waals surface area contributed by atoms with Crippen LogP contribution in [0.5, 0.6) is 0 Å². The molecule has 1 aliphatic heterocycles. The van der Waals surface area contributed by atoms with E-state index in [0.29, 0.717) is 23.7 Å². The van der Waals surface area contributed by atoms with Gasteiger partial charge in [0.2, 0.25) is 11.0 Å². The van der Waals surface area contributed by atoms with Crippen LogP contribution in [0.25, 0.3) is 0 Å². The number of hydrogen-bond acceptors (Lipinski definition) is 5. The van der Waals surface area contributed by atoms with Crippen molar-refractivity contribution in [1.82, 2.24) is 10.2 Å². The Morgan fingerprint density at radius 1 is 1.24 bits per heavy atom. The number of amides is 2. The molecule has 1 N–H and O–H groups in total. The highest BCUT2D eigenvalue weighted by Gasteiger charge is 2.34. The Hall–Kier alpha value is -2.33. The van der Waals surface area contributed by atoms with E-state index in [1.165, 1.54) is 11.3 Å². The topological polar surface area (TPSA) is 75.2 Å². The lowest BCUT2D eigenvalue weighted by atomic mass is 10.1. The van der Waals surface area contributed by atoms with Crippen LogP contribution < -0.4 is 10.2 Å². The summed E-state index contributed by atoms with van der Waals surface area (Å²) in [7, 11) is 0. The number of nitrogens with zero attached hydrogens (tertiary/aromatic N) is 3. The summed E-state index contributed by atoms with van der Waals surface area (Å²) in [6.45, 7) is 2.67. The Morgan fingerprint density at radius 2 is 2.07 bits per heavy atom. The van der Waals surface area contributed by atoms with Crippen LogP contribution in [0.4, 0.5) is 10.8 Å². The number of para-hydroxylation sites is 1. The summed E-state index contributed by atoms with van der Waals surface area (Å²) in [4.78, 5) is 26.9. The molecule has 1 atom stereocenters. The Bertz CT molecular complexity index is 1070. The molecule has 1 fully saturated rings. The van der Waals surface area contributed by atoms with Gasteiger partial charge in [0.05, 0.1) is 0 Å². The SMILES string of the molecule is CCc1ccccc1N1CC(c2nnc(NC(=O)c3cccc(I)c3)s2)CC1=O. The second-order valence-corrected chi connectivity index (χ2v) is 9.05. The van der Waals surface area contributed by atoms with Crippen LogP contribution in [0.2, 0.25) is 0 Å². The van der Waals surface area contributed by atoms with Crippen LogP contribution in [0.1, 0.15) is 40.2 Å². The monoisotopic (exact) mass is 518 g/mol. The number of aryl methyl sites for hydroxylation is 1. The molecule has 2 aromatic carbocycles. The van der Waals surface area contributed by atoms with E-state index in [-0.39, 0.29) is 17.7 Å². The van der Waals surface area contributed by atoms with Gasteiger partial charge in [0.25, 0.3) is 5.91 Å². The molecule has 148 valence electrons. The number of anilines is 2. The average Bonchev–Trinajstić information content (AvgIpc) is 3.34. The van der Waals surface area contributed by atoms with Gasteiger partial charge >= 0.3 is 0 Å². The van der Waals surface area contributed by atoms with Crippen LogP contribution in [-0.4, -0.2) is 28.6 Å². The Balaban J connectivity index is 1.47. The van der Waals surface area contributed by atoms with Crippen molar-refractivity contribution in [2.45, 2.75) is 25.7 Å². The molecule has 8 heteroatoms. The summed E-state index contributed by atoms with van der Waals surface area (Å²) < 4.78 is 0.991. The maximum Gasteiger partial charge on any atom is 0.257 e. The Morgan fingerprint density at radius 3 is 2.86 bits per heavy atom. The van der Waals surface area contributed by atoms with Crippen molar-refractivity contribution in [3.63, 3.8) is 0 Å². The number of rotatable bonds is 5. The van der Waals surface area contributed by atoms with E-state index >= 15 is 0 Å². The zero-order valence-electron chi connectivity index (χ0n) is 15.8. The minimum atomic E-state index is -0.216. The quantitative estimate of drug-likeness (QED) is 0.506. The van der Waals surface area contributed by atoms with Gasteiger partial charge in [-0.1, -0.05) is 42.5 Å². The van der Waals surface area contributed by atoms with Crippen LogP contribution in [0.3, 0.4) is 0 Å². The second kappa shape index (κ2) is 8.58. The largest absolute Gasteiger partial charge is 0.311 e. The summed E-state index contributed by atoms with van der Waals surface area (Å²) in [6.07, 6.45) is 1.27. The van der Waals surface area contributed by atoms with Crippen molar-refractivity contribution in [2.75, 3.05) is 16.8 Å². The maximum absolute atomic E-state index is 12.6. The minimum Gasteiger partial charge on any atom is -0.311 e. The average molecular weight is 518 g/mol. The Kier molecular flexibility index (Phi) is 5.91. The van der Waals surface area contributed by atoms with Crippen LogP contribution in [0, 0.1) is 3.57 Å². The van der Waals surface area contributed by atoms with Crippen molar-refractivity contribution < 1.29 is 9.59 Å². The third-order valence-corrected chi connectivity index (χ3v) is 6.56. The molecule has 4 rings (SSSR count). The lowest BCUT2D eigenvalue weighted by Crippen LogP contribution is -2.25. The van der Waals surface area contributed by atoms with E-state index in [2.05, 4.69) is 51.1 Å². The molecule has 0 aliphatic carbocycles. The third kappa shape index (κ3) is 4.32. The minimum absolute atomic E-state index is 0.0201. The molecular formula is C21H19IN4O2S. The van der Waals surface area contributed by atoms with Gasteiger partial charge in [0, 0.05) is 33.7 Å². The molecule has 1 aliphatic rings. The highest BCUT2D eigenvalue weighted by atomic mass is 127. The first kappa shape index (κ1) is 20.0. The lowest BCUT2D eigenvalue weighted by molar-refractivity contribution is -0.117. The fourth-order valence-electron chi connectivity index (χ4n) is 3.43. The molecule has 0 radical (unpaired) electrons. The smallest absolute Gasteiger partial charge is 0.257 e. The fraction of sp³-hybridized carbons (Fsp3) is 0.238. The van der Waals surface area contributed by atoms with Crippen molar-refractivity contribution in [3.8, 4) is 0 Å². The molecule has 3 aromatic rings. The van der Waals surface area contributed by atoms with Crippen molar-refractivity contribution >= 4 is 56.6 Å². The number of benzene rings is 2. The molecule has 1 aromatic heterocycles. The lowest BCUT2D eigenvalue weighted by Gasteiger charge is -2.19. The normalized spacial score (nSPS) is 16.3. The van der Waals surface area contributed by atoms with E-state index < -0.39 is 0 Å². The maximum atomic E-state index is 12.6. The number of carbonyl (C=O) groups is 2. The van der Waals surface area contributed by atoms with Gasteiger partial charge in [-0.25, -0.2) is 0 Å². The van der Waals surface area contributed by atoms with Crippen LogP contribution in [0.15, 0.2) is 48.5 Å². The van der Waals surface area contributed by atoms with Crippen LogP contribution >= 0.6 is 33.9 Å². The van der Waals surface area contributed by atoms with Gasteiger partial charge in [0.15, 0.2) is 0 Å². The van der Waals surface area contributed by atoms with Crippen molar-refractivity contribution in [2.24, 2.45) is 0 Å². The van der Waals surface area contributed by atoms with E-state index in [9.17, 15) is 9.59 Å². The molecule has 2 heterocycles. The molecule has 0 bridgehead atoms. The van der Waals surface area contributed by atoms with E-state index in [0.717, 1.165) is 26.2 Å². The highest BCUT2D eigenvalue weighted by molar-refractivity contribution is 14.1. The number of aromatic nitrogens is 2. The van der Waals surface area contributed by atoms with Crippen molar-refractivity contribution in [3.05, 3.63) is 68.2 Å². The Labute approximate surface area is 186 Å². The number of carbonyl (C=O) groups excluding carboxylic acids is 2. The molecular weight excluding hydrogens is 499 g/mol. The van der Waals surface area contributed by atoms with Gasteiger partial charge in [0.1, 0.15) is 5.01 Å². The first-order valence-electron chi connectivity index (χ1n) is 9.33. The van der Waals surface area contributed by atoms with E-state index in [4.69, 9.17) is 0 Å². The first-order valence-corrected chi connectivity index (χ1v) is 11.2. The van der Waals surface area contributed by atoms with Gasteiger partial charge < -0.3 is 4.90 Å². The summed E-state index contributed by atoms with van der Waals surface area (Å²) in [5.74, 6) is -0.143. The second-order valence-electron chi connectivity index (χ2n) is 6.80. The van der Waals surface area contributed by atoms with Crippen molar-refractivity contribution in [1.29, 1.82) is 0 Å². The fourth-order valence-corrected chi connectivity index (χ4v) is 4.80. The van der Waals surface area contributed by atoms with Gasteiger partial charge in [-0.2, -0.15) is 0 Å². The number of nitrogens with one attached hydrogen (secondary N) is 1. The van der Waals surface area contributed by atoms with E-state index in [1.54, 1.807) is 6.07 Å². The predicted molar refractivity (Wildman–Crippen MR) is 123 cm³/mol. The molecule has 0 saturated carbocycles. The molecule has 2 amide bonds. The standard InChI is InChI=1S/C21H19IN4O2S/c1-2-13-6-3-4-9-17(13)26-12-15(11-18(26)27)20-24-25-21(29-20)23-19(28)14-7-5-8-16(22)10-14/h3-10,15H,2,11-12H2,1H3,(H,23,25,28). The molecule has 6 nitrogen and oxygen atoms in total. The molecule has 1 saturated heterocycles. The van der Waals surface area contributed by atoms with Gasteiger partial charge in [-0.3, -0.25) is 14.9 Å². The summed E-state index contributed by atoms with van der Waals surface area (Å²) >= 11 is 3.50. The molecule has 0 spiro atoms. The number of halogens is 1. The third-order valence-electron chi connectivity index (χ3n) is 4.89. The van der Waals surface area contributed by atoms with E-state index in [1.807, 2.05) is 41.3 Å². The van der Waals surface area contributed by atoms with Gasteiger partial charge in [-0.05, 0) is 58.8 Å². The molecule has 1 unspecified atom stereocenters. The summed E-state index contributed by atoms with van der Waals surface area (Å²) in [5, 5.41) is 12.4. The zero-order valence-corrected chi connectivity index (χ0v) is 18.7. The first-order chi connectivity index (χ1) is 14.0. The summed E-state index contributed by atoms with van der Waals surface area (Å²) in [6, 6.07) is 15.3.